The van der Waals surface area contributed by atoms with Crippen LogP contribution in [-0.4, -0.2) is 21.9 Å². The Morgan fingerprint density at radius 1 is 1.32 bits per heavy atom. The van der Waals surface area contributed by atoms with E-state index >= 15 is 0 Å². The van der Waals surface area contributed by atoms with E-state index in [1.54, 1.807) is 18.2 Å². The predicted molar refractivity (Wildman–Crippen MR) is 109 cm³/mol. The minimum absolute atomic E-state index is 0.00460. The Labute approximate surface area is 163 Å². The summed E-state index contributed by atoms with van der Waals surface area (Å²) in [7, 11) is 0. The average molecular weight is 436 g/mol. The van der Waals surface area contributed by atoms with Crippen LogP contribution in [0, 0.1) is 0 Å². The fraction of sp³-hybridized carbons (Fsp3) is 0.111. The molecule has 128 valence electrons. The van der Waals surface area contributed by atoms with E-state index in [-0.39, 0.29) is 11.7 Å². The number of carbonyl (C=O) groups is 1. The Bertz CT molecular complexity index is 868. The number of amides is 1. The number of anilines is 1. The van der Waals surface area contributed by atoms with Crippen LogP contribution in [0.2, 0.25) is 0 Å². The number of halogens is 1. The van der Waals surface area contributed by atoms with Gasteiger partial charge in [-0.2, -0.15) is 0 Å². The molecule has 1 heterocycles. The molecule has 7 heteroatoms. The molecule has 1 fully saturated rings. The molecule has 0 aliphatic carbocycles. The van der Waals surface area contributed by atoms with Crippen LogP contribution >= 0.6 is 39.9 Å². The molecule has 0 atom stereocenters. The quantitative estimate of drug-likeness (QED) is 0.543. The summed E-state index contributed by atoms with van der Waals surface area (Å²) in [6, 6.07) is 12.7. The number of ether oxygens (including phenoxy) is 1. The van der Waals surface area contributed by atoms with Gasteiger partial charge in [-0.3, -0.25) is 9.69 Å². The number of para-hydroxylation sites is 1. The van der Waals surface area contributed by atoms with Gasteiger partial charge in [0.2, 0.25) is 0 Å². The standard InChI is InChI=1S/C18H14BrNO3S2/c1-2-23-14-10-12(19)8-11(16(14)21)9-15-17(22)20(18(24)25-15)13-6-4-3-5-7-13/h3-10,21H,2H2,1H3. The lowest BCUT2D eigenvalue weighted by atomic mass is 10.1. The van der Waals surface area contributed by atoms with Gasteiger partial charge in [0.1, 0.15) is 0 Å². The van der Waals surface area contributed by atoms with Gasteiger partial charge in [-0.15, -0.1) is 0 Å². The third kappa shape index (κ3) is 3.73. The highest BCUT2D eigenvalue weighted by atomic mass is 79.9. The largest absolute Gasteiger partial charge is 0.504 e. The summed E-state index contributed by atoms with van der Waals surface area (Å²) in [4.78, 5) is 14.7. The van der Waals surface area contributed by atoms with Crippen LogP contribution in [-0.2, 0) is 4.79 Å². The summed E-state index contributed by atoms with van der Waals surface area (Å²) >= 11 is 9.95. The van der Waals surface area contributed by atoms with E-state index in [9.17, 15) is 9.90 Å². The number of aromatic hydroxyl groups is 1. The first-order chi connectivity index (χ1) is 12.0. The van der Waals surface area contributed by atoms with Crippen molar-refractivity contribution in [1.82, 2.24) is 0 Å². The number of rotatable bonds is 4. The van der Waals surface area contributed by atoms with E-state index in [0.29, 0.717) is 27.1 Å². The van der Waals surface area contributed by atoms with E-state index in [0.717, 1.165) is 10.2 Å². The molecule has 2 aromatic carbocycles. The number of carbonyl (C=O) groups excluding carboxylic acids is 1. The fourth-order valence-electron chi connectivity index (χ4n) is 2.38. The Kier molecular flexibility index (Phi) is 5.46. The van der Waals surface area contributed by atoms with E-state index < -0.39 is 0 Å². The summed E-state index contributed by atoms with van der Waals surface area (Å²) < 4.78 is 6.63. The highest BCUT2D eigenvalue weighted by Crippen LogP contribution is 2.40. The molecule has 0 saturated carbocycles. The van der Waals surface area contributed by atoms with E-state index in [1.165, 1.54) is 16.7 Å². The van der Waals surface area contributed by atoms with Gasteiger partial charge in [0.15, 0.2) is 15.8 Å². The molecule has 1 amide bonds. The Balaban J connectivity index is 1.98. The Morgan fingerprint density at radius 2 is 2.04 bits per heavy atom. The zero-order valence-corrected chi connectivity index (χ0v) is 16.5. The first-order valence-electron chi connectivity index (χ1n) is 7.49. The molecule has 0 unspecified atom stereocenters. The molecule has 1 saturated heterocycles. The molecular formula is C18H14BrNO3S2. The first kappa shape index (κ1) is 18.0. The molecule has 25 heavy (non-hydrogen) atoms. The normalized spacial score (nSPS) is 15.9. The lowest BCUT2D eigenvalue weighted by molar-refractivity contribution is -0.113. The van der Waals surface area contributed by atoms with Gasteiger partial charge >= 0.3 is 0 Å². The fourth-order valence-corrected chi connectivity index (χ4v) is 4.12. The molecular weight excluding hydrogens is 422 g/mol. The van der Waals surface area contributed by atoms with Crippen LogP contribution in [0.25, 0.3) is 6.08 Å². The number of phenolic OH excluding ortho intramolecular Hbond substituents is 1. The van der Waals surface area contributed by atoms with E-state index in [4.69, 9.17) is 17.0 Å². The molecule has 1 N–H and O–H groups in total. The van der Waals surface area contributed by atoms with Crippen LogP contribution in [0.4, 0.5) is 5.69 Å². The number of phenols is 1. The van der Waals surface area contributed by atoms with Crippen molar-refractivity contribution >= 4 is 61.9 Å². The smallest absolute Gasteiger partial charge is 0.270 e. The third-order valence-corrected chi connectivity index (χ3v) is 5.22. The van der Waals surface area contributed by atoms with Crippen molar-refractivity contribution in [2.24, 2.45) is 0 Å². The lowest BCUT2D eigenvalue weighted by Gasteiger charge is -2.14. The SMILES string of the molecule is CCOc1cc(Br)cc(C=C2SC(=S)N(c3ccccc3)C2=O)c1O. The second kappa shape index (κ2) is 7.59. The van der Waals surface area contributed by atoms with Crippen LogP contribution in [0.15, 0.2) is 51.8 Å². The number of thiocarbonyl (C=S) groups is 1. The summed E-state index contributed by atoms with van der Waals surface area (Å²) in [5.41, 5.74) is 1.22. The van der Waals surface area contributed by atoms with Gasteiger partial charge in [0.05, 0.1) is 17.2 Å². The van der Waals surface area contributed by atoms with Crippen LogP contribution in [0.5, 0.6) is 11.5 Å². The monoisotopic (exact) mass is 435 g/mol. The molecule has 4 nitrogen and oxygen atoms in total. The molecule has 0 spiro atoms. The predicted octanol–water partition coefficient (Wildman–Crippen LogP) is 4.96. The van der Waals surface area contributed by atoms with E-state index in [1.807, 2.05) is 37.3 Å². The first-order valence-corrected chi connectivity index (χ1v) is 9.51. The summed E-state index contributed by atoms with van der Waals surface area (Å²) in [6.45, 7) is 2.27. The second-order valence-corrected chi connectivity index (χ2v) is 7.72. The van der Waals surface area contributed by atoms with Crippen LogP contribution in [0.3, 0.4) is 0 Å². The van der Waals surface area contributed by atoms with Crippen molar-refractivity contribution in [2.75, 3.05) is 11.5 Å². The molecule has 0 aromatic heterocycles. The van der Waals surface area contributed by atoms with E-state index in [2.05, 4.69) is 15.9 Å². The zero-order chi connectivity index (χ0) is 18.0. The summed E-state index contributed by atoms with van der Waals surface area (Å²) in [5, 5.41) is 10.4. The minimum Gasteiger partial charge on any atom is -0.504 e. The van der Waals surface area contributed by atoms with Gasteiger partial charge in [0, 0.05) is 10.0 Å². The Morgan fingerprint density at radius 3 is 2.72 bits per heavy atom. The van der Waals surface area contributed by atoms with Crippen molar-refractivity contribution in [3.63, 3.8) is 0 Å². The highest BCUT2D eigenvalue weighted by Gasteiger charge is 2.33. The molecule has 1 aliphatic heterocycles. The highest BCUT2D eigenvalue weighted by molar-refractivity contribution is 9.10. The van der Waals surface area contributed by atoms with Crippen molar-refractivity contribution in [1.29, 1.82) is 0 Å². The molecule has 2 aromatic rings. The maximum atomic E-state index is 12.8. The molecule has 0 bridgehead atoms. The molecule has 1 aliphatic rings. The number of nitrogens with zero attached hydrogens (tertiary/aromatic N) is 1. The number of hydrogen-bond donors (Lipinski definition) is 1. The van der Waals surface area contributed by atoms with Gasteiger partial charge in [-0.05, 0) is 37.3 Å². The maximum Gasteiger partial charge on any atom is 0.270 e. The third-order valence-electron chi connectivity index (χ3n) is 3.46. The lowest BCUT2D eigenvalue weighted by Crippen LogP contribution is -2.27. The minimum atomic E-state index is -0.210. The van der Waals surface area contributed by atoms with Crippen molar-refractivity contribution in [2.45, 2.75) is 6.92 Å². The van der Waals surface area contributed by atoms with Crippen molar-refractivity contribution < 1.29 is 14.6 Å². The number of hydrogen-bond acceptors (Lipinski definition) is 5. The summed E-state index contributed by atoms with van der Waals surface area (Å²) in [5.74, 6) is 0.148. The van der Waals surface area contributed by atoms with Crippen molar-refractivity contribution in [3.05, 3.63) is 57.4 Å². The number of thioether (sulfide) groups is 1. The number of benzene rings is 2. The van der Waals surface area contributed by atoms with Gasteiger partial charge in [-0.25, -0.2) is 0 Å². The summed E-state index contributed by atoms with van der Waals surface area (Å²) in [6.07, 6.45) is 1.63. The molecule has 0 radical (unpaired) electrons. The van der Waals surface area contributed by atoms with Crippen LogP contribution < -0.4 is 9.64 Å². The van der Waals surface area contributed by atoms with Gasteiger partial charge in [0.25, 0.3) is 5.91 Å². The van der Waals surface area contributed by atoms with Crippen molar-refractivity contribution in [3.8, 4) is 11.5 Å². The average Bonchev–Trinajstić information content (AvgIpc) is 2.86. The van der Waals surface area contributed by atoms with Gasteiger partial charge < -0.3 is 9.84 Å². The molecule has 3 rings (SSSR count). The van der Waals surface area contributed by atoms with Crippen LogP contribution in [0.1, 0.15) is 12.5 Å². The maximum absolute atomic E-state index is 12.8. The zero-order valence-electron chi connectivity index (χ0n) is 13.2. The topological polar surface area (TPSA) is 49.8 Å². The van der Waals surface area contributed by atoms with Gasteiger partial charge in [-0.1, -0.05) is 58.1 Å². The second-order valence-electron chi connectivity index (χ2n) is 5.13. The Hall–Kier alpha value is -1.83.